The molecule has 0 amide bonds. The maximum Gasteiger partial charge on any atom is 0.220 e. The molecule has 2 N–H and O–H groups in total. The fourth-order valence-electron chi connectivity index (χ4n) is 2.13. The third kappa shape index (κ3) is 3.80. The second-order valence-electron chi connectivity index (χ2n) is 5.10. The van der Waals surface area contributed by atoms with Crippen molar-refractivity contribution in [1.29, 1.82) is 0 Å². The topological polar surface area (TPSA) is 72.6 Å². The monoisotopic (exact) mass is 277 g/mol. The van der Waals surface area contributed by atoms with Crippen molar-refractivity contribution in [2.24, 2.45) is 7.05 Å². The van der Waals surface area contributed by atoms with Crippen LogP contribution in [0.4, 0.5) is 5.95 Å². The van der Waals surface area contributed by atoms with Gasteiger partial charge in [0.2, 0.25) is 5.95 Å². The van der Waals surface area contributed by atoms with E-state index < -0.39 is 0 Å². The van der Waals surface area contributed by atoms with E-state index in [1.807, 2.05) is 18.7 Å². The minimum Gasteiger partial charge on any atom is -0.353 e. The van der Waals surface area contributed by atoms with Crippen LogP contribution in [-0.2, 0) is 13.6 Å². The highest BCUT2D eigenvalue weighted by molar-refractivity contribution is 5.22. The van der Waals surface area contributed by atoms with E-state index in [9.17, 15) is 0 Å². The van der Waals surface area contributed by atoms with Gasteiger partial charge in [-0.25, -0.2) is 4.68 Å². The van der Waals surface area contributed by atoms with Gasteiger partial charge in [0.15, 0.2) is 0 Å². The molecule has 0 saturated carbocycles. The van der Waals surface area contributed by atoms with E-state index in [1.165, 1.54) is 5.69 Å². The predicted molar refractivity (Wildman–Crippen MR) is 78.7 cm³/mol. The fourth-order valence-corrected chi connectivity index (χ4v) is 2.13. The summed E-state index contributed by atoms with van der Waals surface area (Å²) >= 11 is 0. The maximum atomic E-state index is 4.47. The van der Waals surface area contributed by atoms with Crippen LogP contribution in [0.3, 0.4) is 0 Å². The minimum atomic E-state index is 0.370. The molecule has 2 rings (SSSR count). The van der Waals surface area contributed by atoms with Crippen LogP contribution in [-0.4, -0.2) is 43.7 Å². The van der Waals surface area contributed by atoms with Crippen molar-refractivity contribution in [2.75, 3.05) is 18.4 Å². The lowest BCUT2D eigenvalue weighted by atomic mass is 10.3. The summed E-state index contributed by atoms with van der Waals surface area (Å²) in [4.78, 5) is 4.11. The molecule has 1 unspecified atom stereocenters. The highest BCUT2D eigenvalue weighted by Crippen LogP contribution is 2.02. The maximum absolute atomic E-state index is 4.47. The molecule has 0 fully saturated rings. The first-order chi connectivity index (χ1) is 9.56. The molecule has 0 aliphatic heterocycles. The van der Waals surface area contributed by atoms with Gasteiger partial charge < -0.3 is 10.6 Å². The van der Waals surface area contributed by atoms with Crippen molar-refractivity contribution in [2.45, 2.75) is 33.4 Å². The van der Waals surface area contributed by atoms with Crippen molar-refractivity contribution >= 4 is 5.95 Å². The summed E-state index contributed by atoms with van der Waals surface area (Å²) in [6.45, 7) is 8.83. The molecule has 2 aromatic rings. The molecule has 0 aliphatic rings. The standard InChI is InChI=1S/C13H23N7/c1-10-7-12(3)20(18-10)8-11(2)14-5-6-15-13-16-9-17-19(13)4/h7,9,11,14H,5-6,8H2,1-4H3,(H,15,16,17). The van der Waals surface area contributed by atoms with Gasteiger partial charge in [0, 0.05) is 31.9 Å². The molecule has 0 aliphatic carbocycles. The molecule has 0 radical (unpaired) electrons. The van der Waals surface area contributed by atoms with Crippen LogP contribution in [0.2, 0.25) is 0 Å². The normalized spacial score (nSPS) is 12.6. The van der Waals surface area contributed by atoms with Crippen LogP contribution in [0.5, 0.6) is 0 Å². The Labute approximate surface area is 119 Å². The summed E-state index contributed by atoms with van der Waals surface area (Å²) < 4.78 is 3.77. The van der Waals surface area contributed by atoms with Crippen molar-refractivity contribution in [3.63, 3.8) is 0 Å². The Kier molecular flexibility index (Phi) is 4.73. The summed E-state index contributed by atoms with van der Waals surface area (Å²) in [5.74, 6) is 0.790. The molecule has 2 aromatic heterocycles. The average molecular weight is 277 g/mol. The van der Waals surface area contributed by atoms with Gasteiger partial charge in [-0.2, -0.15) is 15.2 Å². The Hall–Kier alpha value is -1.89. The van der Waals surface area contributed by atoms with Crippen LogP contribution in [0.1, 0.15) is 18.3 Å². The number of nitrogens with one attached hydrogen (secondary N) is 2. The molecule has 0 saturated heterocycles. The van der Waals surface area contributed by atoms with Crippen LogP contribution < -0.4 is 10.6 Å². The van der Waals surface area contributed by atoms with Crippen molar-refractivity contribution < 1.29 is 0 Å². The lowest BCUT2D eigenvalue weighted by Gasteiger charge is -2.15. The molecule has 7 nitrogen and oxygen atoms in total. The predicted octanol–water partition coefficient (Wildman–Crippen LogP) is 0.719. The molecular formula is C13H23N7. The second-order valence-corrected chi connectivity index (χ2v) is 5.10. The molecule has 0 bridgehead atoms. The number of aromatic nitrogens is 5. The van der Waals surface area contributed by atoms with E-state index in [4.69, 9.17) is 0 Å². The van der Waals surface area contributed by atoms with Crippen molar-refractivity contribution in [3.8, 4) is 0 Å². The zero-order valence-electron chi connectivity index (χ0n) is 12.6. The van der Waals surface area contributed by atoms with Crippen LogP contribution >= 0.6 is 0 Å². The molecule has 110 valence electrons. The third-order valence-electron chi connectivity index (χ3n) is 3.16. The first kappa shape index (κ1) is 14.5. The Morgan fingerprint density at radius 1 is 1.30 bits per heavy atom. The van der Waals surface area contributed by atoms with E-state index in [-0.39, 0.29) is 0 Å². The van der Waals surface area contributed by atoms with Gasteiger partial charge in [-0.15, -0.1) is 0 Å². The summed E-state index contributed by atoms with van der Waals surface area (Å²) in [5.41, 5.74) is 2.27. The van der Waals surface area contributed by atoms with Gasteiger partial charge in [0.1, 0.15) is 6.33 Å². The Morgan fingerprint density at radius 3 is 2.70 bits per heavy atom. The lowest BCUT2D eigenvalue weighted by Crippen LogP contribution is -2.34. The largest absolute Gasteiger partial charge is 0.353 e. The highest BCUT2D eigenvalue weighted by Gasteiger charge is 2.06. The van der Waals surface area contributed by atoms with Gasteiger partial charge in [-0.05, 0) is 26.8 Å². The molecule has 2 heterocycles. The summed E-state index contributed by atoms with van der Waals surface area (Å²) in [6.07, 6.45) is 1.54. The third-order valence-corrected chi connectivity index (χ3v) is 3.16. The summed E-state index contributed by atoms with van der Waals surface area (Å²) in [6, 6.07) is 2.47. The number of hydrogen-bond donors (Lipinski definition) is 2. The van der Waals surface area contributed by atoms with E-state index >= 15 is 0 Å². The van der Waals surface area contributed by atoms with E-state index in [1.54, 1.807) is 11.0 Å². The molecule has 1 atom stereocenters. The van der Waals surface area contributed by atoms with Gasteiger partial charge in [0.05, 0.1) is 12.2 Å². The van der Waals surface area contributed by atoms with Crippen LogP contribution in [0, 0.1) is 13.8 Å². The van der Waals surface area contributed by atoms with E-state index in [2.05, 4.69) is 45.7 Å². The molecule has 0 aromatic carbocycles. The highest BCUT2D eigenvalue weighted by atomic mass is 15.4. The van der Waals surface area contributed by atoms with Gasteiger partial charge in [-0.1, -0.05) is 0 Å². The smallest absolute Gasteiger partial charge is 0.220 e. The fraction of sp³-hybridized carbons (Fsp3) is 0.615. The van der Waals surface area contributed by atoms with E-state index in [0.717, 1.165) is 31.3 Å². The lowest BCUT2D eigenvalue weighted by molar-refractivity contribution is 0.451. The Morgan fingerprint density at radius 2 is 2.10 bits per heavy atom. The zero-order chi connectivity index (χ0) is 14.5. The van der Waals surface area contributed by atoms with Crippen molar-refractivity contribution in [1.82, 2.24) is 29.9 Å². The van der Waals surface area contributed by atoms with Gasteiger partial charge >= 0.3 is 0 Å². The van der Waals surface area contributed by atoms with Gasteiger partial charge in [0.25, 0.3) is 0 Å². The number of hydrogen-bond acceptors (Lipinski definition) is 5. The molecule has 0 spiro atoms. The zero-order valence-corrected chi connectivity index (χ0v) is 12.6. The SMILES string of the molecule is Cc1cc(C)n(CC(C)NCCNc2ncnn2C)n1. The summed E-state index contributed by atoms with van der Waals surface area (Å²) in [5, 5.41) is 15.2. The van der Waals surface area contributed by atoms with Crippen LogP contribution in [0.15, 0.2) is 12.4 Å². The summed E-state index contributed by atoms with van der Waals surface area (Å²) in [7, 11) is 1.87. The number of aryl methyl sites for hydroxylation is 3. The number of nitrogens with zero attached hydrogens (tertiary/aromatic N) is 5. The quantitative estimate of drug-likeness (QED) is 0.730. The van der Waals surface area contributed by atoms with Crippen LogP contribution in [0.25, 0.3) is 0 Å². The minimum absolute atomic E-state index is 0.370. The van der Waals surface area contributed by atoms with Gasteiger partial charge in [-0.3, -0.25) is 4.68 Å². The molecular weight excluding hydrogens is 254 g/mol. The first-order valence-electron chi connectivity index (χ1n) is 6.88. The Balaban J connectivity index is 1.69. The Bertz CT molecular complexity index is 543. The number of anilines is 1. The molecule has 7 heteroatoms. The second kappa shape index (κ2) is 6.51. The molecule has 20 heavy (non-hydrogen) atoms. The van der Waals surface area contributed by atoms with Crippen molar-refractivity contribution in [3.05, 3.63) is 23.8 Å². The number of rotatable bonds is 7. The first-order valence-corrected chi connectivity index (χ1v) is 6.88. The van der Waals surface area contributed by atoms with E-state index in [0.29, 0.717) is 6.04 Å². The average Bonchev–Trinajstić information content (AvgIpc) is 2.92.